The van der Waals surface area contributed by atoms with Crippen LogP contribution in [0.3, 0.4) is 0 Å². The number of anilines is 2. The Morgan fingerprint density at radius 2 is 2.08 bits per heavy atom. The molecule has 0 saturated carbocycles. The molecule has 2 saturated heterocycles. The van der Waals surface area contributed by atoms with Gasteiger partial charge in [0, 0.05) is 37.8 Å². The van der Waals surface area contributed by atoms with E-state index >= 15 is 0 Å². The fourth-order valence-corrected chi connectivity index (χ4v) is 3.64. The highest BCUT2D eigenvalue weighted by atomic mass is 35.5. The lowest BCUT2D eigenvalue weighted by Gasteiger charge is -2.24. The molecule has 0 spiro atoms. The molecule has 6 heteroatoms. The van der Waals surface area contributed by atoms with Crippen molar-refractivity contribution in [3.8, 4) is 0 Å². The number of rotatable bonds is 4. The molecular weight excluding hydrogens is 326 g/mol. The molecule has 1 aromatic carbocycles. The van der Waals surface area contributed by atoms with E-state index in [9.17, 15) is 4.79 Å². The van der Waals surface area contributed by atoms with Crippen LogP contribution in [0.2, 0.25) is 5.02 Å². The van der Waals surface area contributed by atoms with E-state index < -0.39 is 0 Å². The molecule has 0 aliphatic carbocycles. The molecule has 1 atom stereocenters. The summed E-state index contributed by atoms with van der Waals surface area (Å²) in [5, 5.41) is 6.92. The van der Waals surface area contributed by atoms with Gasteiger partial charge in [-0.1, -0.05) is 24.4 Å². The average molecular weight is 352 g/mol. The lowest BCUT2D eigenvalue weighted by molar-refractivity contribution is -0.117. The van der Waals surface area contributed by atoms with Gasteiger partial charge in [-0.05, 0) is 31.0 Å². The van der Waals surface area contributed by atoms with Crippen molar-refractivity contribution in [1.29, 1.82) is 0 Å². The van der Waals surface area contributed by atoms with Crippen LogP contribution in [0.15, 0.2) is 18.2 Å². The molecule has 0 radical (unpaired) electrons. The second-order valence-electron chi connectivity index (χ2n) is 6.55. The number of nitrogens with one attached hydrogen (secondary N) is 2. The molecule has 1 aromatic rings. The Bertz CT molecular complexity index is 553. The third kappa shape index (κ3) is 4.85. The number of benzene rings is 1. The van der Waals surface area contributed by atoms with Crippen LogP contribution in [-0.2, 0) is 9.53 Å². The fourth-order valence-electron chi connectivity index (χ4n) is 3.34. The van der Waals surface area contributed by atoms with E-state index in [1.54, 1.807) is 0 Å². The zero-order chi connectivity index (χ0) is 16.8. The van der Waals surface area contributed by atoms with Gasteiger partial charge in [-0.3, -0.25) is 4.79 Å². The lowest BCUT2D eigenvalue weighted by Crippen LogP contribution is -2.43. The van der Waals surface area contributed by atoms with E-state index in [4.69, 9.17) is 16.3 Å². The Hall–Kier alpha value is -1.30. The molecular formula is C18H26ClN3O2. The molecule has 0 unspecified atom stereocenters. The van der Waals surface area contributed by atoms with Crippen molar-refractivity contribution >= 4 is 28.9 Å². The number of nitrogens with zero attached hydrogens (tertiary/aromatic N) is 1. The number of hydrogen-bond donors (Lipinski definition) is 2. The predicted octanol–water partition coefficient (Wildman–Crippen LogP) is 3.04. The van der Waals surface area contributed by atoms with Gasteiger partial charge in [0.05, 0.1) is 23.9 Å². The summed E-state index contributed by atoms with van der Waals surface area (Å²) in [6.07, 6.45) is 5.42. The Balaban J connectivity index is 1.58. The molecule has 132 valence electrons. The van der Waals surface area contributed by atoms with E-state index in [0.717, 1.165) is 31.0 Å². The van der Waals surface area contributed by atoms with Crippen molar-refractivity contribution in [1.82, 2.24) is 5.32 Å². The zero-order valence-electron chi connectivity index (χ0n) is 14.0. The summed E-state index contributed by atoms with van der Waals surface area (Å²) in [6, 6.07) is 5.90. The Morgan fingerprint density at radius 3 is 2.75 bits per heavy atom. The standard InChI is InChI=1S/C18H26ClN3O2/c19-16-11-14(21-18(23)12-15-13-24-10-7-20-15)5-6-17(16)22-8-3-1-2-4-9-22/h5-6,11,15,20H,1-4,7-10,12-13H2,(H,21,23)/t15-/m0/s1. The molecule has 1 amide bonds. The highest BCUT2D eigenvalue weighted by Crippen LogP contribution is 2.30. The molecule has 2 heterocycles. The second-order valence-corrected chi connectivity index (χ2v) is 6.95. The van der Waals surface area contributed by atoms with Crippen LogP contribution in [0.25, 0.3) is 0 Å². The number of amides is 1. The summed E-state index contributed by atoms with van der Waals surface area (Å²) < 4.78 is 5.38. The first-order chi connectivity index (χ1) is 11.7. The topological polar surface area (TPSA) is 53.6 Å². The quantitative estimate of drug-likeness (QED) is 0.875. The van der Waals surface area contributed by atoms with Gasteiger partial charge in [-0.25, -0.2) is 0 Å². The molecule has 2 aliphatic rings. The molecule has 2 N–H and O–H groups in total. The molecule has 3 rings (SSSR count). The normalized spacial score (nSPS) is 22.0. The van der Waals surface area contributed by atoms with Gasteiger partial charge in [0.25, 0.3) is 0 Å². The van der Waals surface area contributed by atoms with Gasteiger partial charge >= 0.3 is 0 Å². The van der Waals surface area contributed by atoms with Crippen LogP contribution >= 0.6 is 11.6 Å². The van der Waals surface area contributed by atoms with E-state index in [0.29, 0.717) is 24.7 Å². The Morgan fingerprint density at radius 1 is 1.29 bits per heavy atom. The first kappa shape index (κ1) is 17.5. The predicted molar refractivity (Wildman–Crippen MR) is 98.0 cm³/mol. The molecule has 0 aromatic heterocycles. The summed E-state index contributed by atoms with van der Waals surface area (Å²) in [5.41, 5.74) is 1.82. The molecule has 2 aliphatic heterocycles. The van der Waals surface area contributed by atoms with Gasteiger partial charge in [-0.2, -0.15) is 0 Å². The van der Waals surface area contributed by atoms with Crippen LogP contribution in [0.1, 0.15) is 32.1 Å². The maximum atomic E-state index is 12.2. The van der Waals surface area contributed by atoms with Crippen LogP contribution < -0.4 is 15.5 Å². The van der Waals surface area contributed by atoms with Crippen LogP contribution in [0.4, 0.5) is 11.4 Å². The maximum absolute atomic E-state index is 12.2. The fraction of sp³-hybridized carbons (Fsp3) is 0.611. The van der Waals surface area contributed by atoms with Crippen LogP contribution in [0, 0.1) is 0 Å². The minimum absolute atomic E-state index is 0.0170. The number of carbonyl (C=O) groups is 1. The van der Waals surface area contributed by atoms with Crippen LogP contribution in [0.5, 0.6) is 0 Å². The summed E-state index contributed by atoms with van der Waals surface area (Å²) in [5.74, 6) is -0.0170. The summed E-state index contributed by atoms with van der Waals surface area (Å²) >= 11 is 6.47. The maximum Gasteiger partial charge on any atom is 0.226 e. The summed E-state index contributed by atoms with van der Waals surface area (Å²) in [7, 11) is 0. The highest BCUT2D eigenvalue weighted by Gasteiger charge is 2.18. The van der Waals surface area contributed by atoms with E-state index in [-0.39, 0.29) is 11.9 Å². The first-order valence-electron chi connectivity index (χ1n) is 8.88. The number of carbonyl (C=O) groups excluding carboxylic acids is 1. The lowest BCUT2D eigenvalue weighted by atomic mass is 10.2. The summed E-state index contributed by atoms with van der Waals surface area (Å²) in [6.45, 7) is 4.21. The number of ether oxygens (including phenoxy) is 1. The van der Waals surface area contributed by atoms with Crippen molar-refractivity contribution in [3.63, 3.8) is 0 Å². The van der Waals surface area contributed by atoms with Crippen molar-refractivity contribution in [3.05, 3.63) is 23.2 Å². The van der Waals surface area contributed by atoms with Crippen molar-refractivity contribution in [2.45, 2.75) is 38.1 Å². The van der Waals surface area contributed by atoms with Crippen molar-refractivity contribution < 1.29 is 9.53 Å². The van der Waals surface area contributed by atoms with Crippen molar-refractivity contribution in [2.24, 2.45) is 0 Å². The molecule has 0 bridgehead atoms. The smallest absolute Gasteiger partial charge is 0.226 e. The molecule has 2 fully saturated rings. The second kappa shape index (κ2) is 8.70. The van der Waals surface area contributed by atoms with E-state index in [2.05, 4.69) is 15.5 Å². The number of halogens is 1. The van der Waals surface area contributed by atoms with E-state index in [1.807, 2.05) is 18.2 Å². The van der Waals surface area contributed by atoms with E-state index in [1.165, 1.54) is 25.7 Å². The van der Waals surface area contributed by atoms with Gasteiger partial charge in [0.1, 0.15) is 0 Å². The zero-order valence-corrected chi connectivity index (χ0v) is 14.8. The Labute approximate surface area is 148 Å². The monoisotopic (exact) mass is 351 g/mol. The van der Waals surface area contributed by atoms with Crippen molar-refractivity contribution in [2.75, 3.05) is 43.1 Å². The largest absolute Gasteiger partial charge is 0.378 e. The minimum atomic E-state index is -0.0170. The average Bonchev–Trinajstić information content (AvgIpc) is 2.85. The SMILES string of the molecule is O=C(C[C@H]1COCCN1)Nc1ccc(N2CCCCCC2)c(Cl)c1. The first-order valence-corrected chi connectivity index (χ1v) is 9.25. The molecule has 24 heavy (non-hydrogen) atoms. The van der Waals surface area contributed by atoms with Gasteiger partial charge in [-0.15, -0.1) is 0 Å². The number of morpholine rings is 1. The summed E-state index contributed by atoms with van der Waals surface area (Å²) in [4.78, 5) is 14.5. The third-order valence-electron chi connectivity index (χ3n) is 4.61. The van der Waals surface area contributed by atoms with Gasteiger partial charge < -0.3 is 20.3 Å². The minimum Gasteiger partial charge on any atom is -0.378 e. The van der Waals surface area contributed by atoms with Crippen LogP contribution in [-0.4, -0.2) is 44.8 Å². The third-order valence-corrected chi connectivity index (χ3v) is 4.91. The number of hydrogen-bond acceptors (Lipinski definition) is 4. The Kier molecular flexibility index (Phi) is 6.35. The highest BCUT2D eigenvalue weighted by molar-refractivity contribution is 6.33. The molecule has 5 nitrogen and oxygen atoms in total. The van der Waals surface area contributed by atoms with Gasteiger partial charge in [0.2, 0.25) is 5.91 Å². The van der Waals surface area contributed by atoms with Gasteiger partial charge in [0.15, 0.2) is 0 Å².